The number of hydrogen-bond donors (Lipinski definition) is 0. The zero-order chi connectivity index (χ0) is 14.5. The minimum Gasteiger partial charge on any atom is -0.170 e. The lowest BCUT2D eigenvalue weighted by Crippen LogP contribution is -2.62. The molecule has 0 fully saturated rings. The minimum absolute atomic E-state index is 0.0819. The number of rotatable bonds is 1. The second-order valence-corrected chi connectivity index (χ2v) is 3.24. The first-order valence-electron chi connectivity index (χ1n) is 4.20. The Morgan fingerprint density at radius 3 is 0.875 bits per heavy atom. The van der Waals surface area contributed by atoms with E-state index < -0.39 is 29.8 Å². The summed E-state index contributed by atoms with van der Waals surface area (Å²) in [4.78, 5) is 0. The van der Waals surface area contributed by atoms with Gasteiger partial charge in [0.2, 0.25) is 0 Å². The fourth-order valence-electron chi connectivity index (χ4n) is 1.33. The van der Waals surface area contributed by atoms with Gasteiger partial charge < -0.3 is 0 Å². The molecule has 0 aromatic heterocycles. The van der Waals surface area contributed by atoms with E-state index in [1.165, 1.54) is 0 Å². The van der Waals surface area contributed by atoms with Crippen molar-refractivity contribution in [1.29, 1.82) is 0 Å². The molecule has 0 spiro atoms. The Balaban J connectivity index is 6.37. The van der Waals surface area contributed by atoms with Crippen molar-refractivity contribution in [2.75, 3.05) is 0 Å². The van der Waals surface area contributed by atoms with E-state index in [9.17, 15) is 39.5 Å². The van der Waals surface area contributed by atoms with E-state index in [-0.39, 0.29) is 13.8 Å². The van der Waals surface area contributed by atoms with Crippen molar-refractivity contribution < 1.29 is 40.9 Å². The van der Waals surface area contributed by atoms with Gasteiger partial charge in [-0.15, -0.1) is 0 Å². The first-order valence-corrected chi connectivity index (χ1v) is 3.70. The Morgan fingerprint density at radius 1 is 0.688 bits per heavy atom. The fourth-order valence-corrected chi connectivity index (χ4v) is 1.33. The normalized spacial score (nSPS) is 17.3. The molecule has 0 heterocycles. The molecule has 0 saturated heterocycles. The molecule has 9 heteroatoms. The molecule has 16 heavy (non-hydrogen) atoms. The molecule has 0 aromatic carbocycles. The Kier molecular flexibility index (Phi) is 3.10. The molecule has 0 amide bonds. The quantitative estimate of drug-likeness (QED) is 0.618. The maximum atomic E-state index is 12.3. The lowest BCUT2D eigenvalue weighted by Gasteiger charge is -2.41. The summed E-state index contributed by atoms with van der Waals surface area (Å²) in [5.74, 6) is -3.86. The topological polar surface area (TPSA) is 0 Å². The third kappa shape index (κ3) is 1.95. The summed E-state index contributed by atoms with van der Waals surface area (Å²) < 4.78 is 117. The average molecular weight is 263 g/mol. The highest BCUT2D eigenvalue weighted by Gasteiger charge is 2.84. The molecule has 0 bridgehead atoms. The second kappa shape index (κ2) is 3.69. The Morgan fingerprint density at radius 2 is 0.875 bits per heavy atom. The van der Waals surface area contributed by atoms with Gasteiger partial charge in [0.25, 0.3) is 5.41 Å². The van der Waals surface area contributed by atoms with E-state index in [0.29, 0.717) is 0 Å². The molecule has 0 aliphatic rings. The Hall–Kier alpha value is -0.630. The molecule has 0 aliphatic heterocycles. The maximum Gasteiger partial charge on any atom is 0.412 e. The molecular weight excluding hydrogens is 255 g/mol. The van der Waals surface area contributed by atoms with Crippen molar-refractivity contribution in [2.45, 2.75) is 32.4 Å². The van der Waals surface area contributed by atoms with Crippen LogP contribution in [0, 0.1) is 11.3 Å². The zero-order valence-corrected chi connectivity index (χ0v) is 7.90. The lowest BCUT2D eigenvalue weighted by molar-refractivity contribution is -0.440. The van der Waals surface area contributed by atoms with Gasteiger partial charge in [-0.25, -0.2) is 0 Å². The van der Waals surface area contributed by atoms with Crippen LogP contribution in [-0.2, 0) is 0 Å². The fraction of sp³-hybridized carbons (Fsp3) is 1.00. The zero-order valence-electron chi connectivity index (χ0n) is 8.90. The summed E-state index contributed by atoms with van der Waals surface area (Å²) in [6, 6.07) is 0. The van der Waals surface area contributed by atoms with Crippen LogP contribution in [0.5, 0.6) is 0 Å². The van der Waals surface area contributed by atoms with Crippen molar-refractivity contribution in [3.05, 3.63) is 0 Å². The van der Waals surface area contributed by atoms with Gasteiger partial charge in [0.15, 0.2) is 0 Å². The predicted molar refractivity (Wildman–Crippen MR) is 35.4 cm³/mol. The SMILES string of the molecule is [2H]C(C)(C)C(C(F)(F)F)(C(F)(F)F)C(F)(F)F. The van der Waals surface area contributed by atoms with E-state index in [1.807, 2.05) is 0 Å². The van der Waals surface area contributed by atoms with Crippen LogP contribution in [0.4, 0.5) is 39.5 Å². The lowest BCUT2D eigenvalue weighted by atomic mass is 9.75. The first kappa shape index (κ1) is 13.4. The van der Waals surface area contributed by atoms with Crippen LogP contribution in [0.25, 0.3) is 0 Å². The highest BCUT2D eigenvalue weighted by Crippen LogP contribution is 2.63. The number of alkyl halides is 9. The van der Waals surface area contributed by atoms with Crippen LogP contribution in [0.15, 0.2) is 0 Å². The largest absolute Gasteiger partial charge is 0.412 e. The standard InChI is InChI=1S/C7H7F9/c1-3(2)4(5(8,9)10,6(11,12)13)7(14,15)16/h3H,1-2H3/i3D. The van der Waals surface area contributed by atoms with Gasteiger partial charge in [-0.1, -0.05) is 13.8 Å². The smallest absolute Gasteiger partial charge is 0.170 e. The van der Waals surface area contributed by atoms with Gasteiger partial charge in [-0.2, -0.15) is 39.5 Å². The summed E-state index contributed by atoms with van der Waals surface area (Å²) in [5.41, 5.74) is -6.08. The van der Waals surface area contributed by atoms with E-state index in [2.05, 4.69) is 0 Å². The highest BCUT2D eigenvalue weighted by molar-refractivity contribution is 5.01. The highest BCUT2D eigenvalue weighted by atomic mass is 19.4. The molecule has 0 atom stereocenters. The average Bonchev–Trinajstić information content (AvgIpc) is 1.67. The van der Waals surface area contributed by atoms with Crippen LogP contribution in [-0.4, -0.2) is 18.5 Å². The van der Waals surface area contributed by atoms with Gasteiger partial charge in [-0.3, -0.25) is 0 Å². The van der Waals surface area contributed by atoms with Crippen molar-refractivity contribution in [2.24, 2.45) is 11.3 Å². The molecule has 0 unspecified atom stereocenters. The van der Waals surface area contributed by atoms with Gasteiger partial charge in [0, 0.05) is 1.37 Å². The molecular formula is C7H7F9. The number of halogens is 9. The maximum absolute atomic E-state index is 12.3. The molecule has 98 valence electrons. The summed E-state index contributed by atoms with van der Waals surface area (Å²) in [5, 5.41) is 0. The van der Waals surface area contributed by atoms with Crippen LogP contribution < -0.4 is 0 Å². The molecule has 0 nitrogen and oxygen atoms in total. The molecule has 0 radical (unpaired) electrons. The minimum atomic E-state index is -6.67. The molecule has 0 N–H and O–H groups in total. The van der Waals surface area contributed by atoms with Crippen molar-refractivity contribution in [1.82, 2.24) is 0 Å². The van der Waals surface area contributed by atoms with Crippen LogP contribution in [0.2, 0.25) is 0 Å². The van der Waals surface area contributed by atoms with Crippen molar-refractivity contribution >= 4 is 0 Å². The Labute approximate surface area is 85.8 Å². The molecule has 0 aromatic rings. The van der Waals surface area contributed by atoms with E-state index in [1.54, 1.807) is 0 Å². The van der Waals surface area contributed by atoms with Crippen molar-refractivity contribution in [3.63, 3.8) is 0 Å². The molecule has 0 rings (SSSR count). The third-order valence-corrected chi connectivity index (χ3v) is 2.03. The Bertz CT molecular complexity index is 214. The number of hydrogen-bond acceptors (Lipinski definition) is 0. The van der Waals surface area contributed by atoms with Crippen LogP contribution in [0.3, 0.4) is 0 Å². The van der Waals surface area contributed by atoms with Gasteiger partial charge in [0.1, 0.15) is 0 Å². The van der Waals surface area contributed by atoms with E-state index in [0.717, 1.165) is 0 Å². The predicted octanol–water partition coefficient (Wildman–Crippen LogP) is 4.32. The van der Waals surface area contributed by atoms with E-state index >= 15 is 0 Å². The van der Waals surface area contributed by atoms with Gasteiger partial charge >= 0.3 is 18.5 Å². The van der Waals surface area contributed by atoms with Crippen molar-refractivity contribution in [3.8, 4) is 0 Å². The molecule has 0 saturated carbocycles. The summed E-state index contributed by atoms with van der Waals surface area (Å²) in [7, 11) is 0. The van der Waals surface area contributed by atoms with Gasteiger partial charge in [0.05, 0.1) is 0 Å². The van der Waals surface area contributed by atoms with Crippen LogP contribution in [0.1, 0.15) is 15.2 Å². The van der Waals surface area contributed by atoms with Crippen LogP contribution >= 0.6 is 0 Å². The summed E-state index contributed by atoms with van der Waals surface area (Å²) in [6.07, 6.45) is -20.0. The monoisotopic (exact) mass is 263 g/mol. The van der Waals surface area contributed by atoms with Gasteiger partial charge in [-0.05, 0) is 5.89 Å². The first-order chi connectivity index (χ1) is 7.00. The second-order valence-electron chi connectivity index (χ2n) is 3.24. The third-order valence-electron chi connectivity index (χ3n) is 2.03. The van der Waals surface area contributed by atoms with E-state index in [4.69, 9.17) is 1.37 Å². The summed E-state index contributed by atoms with van der Waals surface area (Å²) >= 11 is 0. The molecule has 0 aliphatic carbocycles. The summed E-state index contributed by atoms with van der Waals surface area (Å²) in [6.45, 7) is -0.164.